The summed E-state index contributed by atoms with van der Waals surface area (Å²) in [7, 11) is 2.57. The van der Waals surface area contributed by atoms with Crippen LogP contribution in [0.3, 0.4) is 0 Å². The molecule has 3 rings (SSSR count). The Morgan fingerprint density at radius 2 is 1.16 bits per heavy atom. The van der Waals surface area contributed by atoms with Crippen LogP contribution in [0.1, 0.15) is 53.1 Å². The van der Waals surface area contributed by atoms with Gasteiger partial charge in [-0.1, -0.05) is 6.07 Å². The Balaban J connectivity index is 1.56. The molecule has 3 aromatic rings. The van der Waals surface area contributed by atoms with E-state index in [1.807, 2.05) is 0 Å². The maximum atomic E-state index is 12.5. The zero-order valence-corrected chi connectivity index (χ0v) is 17.5. The SMILES string of the molecule is COC(=O)c1ccc(CNC(=O)c2cccc(C(=O)NCc3ccc(C(=O)OC)[nH]3)c2)[nH]1. The molecule has 0 spiro atoms. The molecule has 0 atom stereocenters. The molecule has 1 aromatic carbocycles. The topological polar surface area (TPSA) is 142 Å². The van der Waals surface area contributed by atoms with Crippen LogP contribution in [-0.4, -0.2) is 47.9 Å². The van der Waals surface area contributed by atoms with Crippen LogP contribution in [0, 0.1) is 0 Å². The zero-order valence-electron chi connectivity index (χ0n) is 17.5. The summed E-state index contributed by atoms with van der Waals surface area (Å²) in [5.74, 6) is -1.74. The third-order valence-corrected chi connectivity index (χ3v) is 4.57. The number of H-pyrrole nitrogens is 2. The summed E-state index contributed by atoms with van der Waals surface area (Å²) < 4.78 is 9.25. The van der Waals surface area contributed by atoms with E-state index in [9.17, 15) is 19.2 Å². The van der Waals surface area contributed by atoms with Crippen molar-refractivity contribution in [3.63, 3.8) is 0 Å². The molecule has 0 aliphatic heterocycles. The molecule has 0 aliphatic carbocycles. The zero-order chi connectivity index (χ0) is 23.1. The minimum absolute atomic E-state index is 0.168. The van der Waals surface area contributed by atoms with Gasteiger partial charge in [-0.2, -0.15) is 0 Å². The summed E-state index contributed by atoms with van der Waals surface area (Å²) in [6.07, 6.45) is 0. The Morgan fingerprint density at radius 1 is 0.719 bits per heavy atom. The average Bonchev–Trinajstić information content (AvgIpc) is 3.50. The molecule has 0 fully saturated rings. The van der Waals surface area contributed by atoms with Gasteiger partial charge in [-0.15, -0.1) is 0 Å². The number of rotatable bonds is 8. The number of methoxy groups -OCH3 is 2. The monoisotopic (exact) mass is 438 g/mol. The highest BCUT2D eigenvalue weighted by molar-refractivity contribution is 5.99. The van der Waals surface area contributed by atoms with Gasteiger partial charge in [0.1, 0.15) is 11.4 Å². The first-order chi connectivity index (χ1) is 15.4. The molecule has 0 unspecified atom stereocenters. The Morgan fingerprint density at radius 3 is 1.56 bits per heavy atom. The van der Waals surface area contributed by atoms with Gasteiger partial charge in [0, 0.05) is 22.5 Å². The number of aromatic nitrogens is 2. The Hall–Kier alpha value is -4.34. The van der Waals surface area contributed by atoms with Gasteiger partial charge in [0.15, 0.2) is 0 Å². The molecule has 4 N–H and O–H groups in total. The van der Waals surface area contributed by atoms with Crippen molar-refractivity contribution in [1.82, 2.24) is 20.6 Å². The second kappa shape index (κ2) is 10.1. The van der Waals surface area contributed by atoms with Crippen LogP contribution < -0.4 is 10.6 Å². The molecule has 10 nitrogen and oxygen atoms in total. The van der Waals surface area contributed by atoms with E-state index in [-0.39, 0.29) is 36.3 Å². The largest absolute Gasteiger partial charge is 0.464 e. The number of hydrogen-bond donors (Lipinski definition) is 4. The van der Waals surface area contributed by atoms with Crippen molar-refractivity contribution in [3.8, 4) is 0 Å². The molecule has 2 amide bonds. The highest BCUT2D eigenvalue weighted by Gasteiger charge is 2.13. The number of carbonyl (C=O) groups excluding carboxylic acids is 4. The number of benzene rings is 1. The molecule has 0 saturated carbocycles. The van der Waals surface area contributed by atoms with Gasteiger partial charge in [-0.25, -0.2) is 9.59 Å². The van der Waals surface area contributed by atoms with Crippen LogP contribution in [0.15, 0.2) is 48.5 Å². The second-order valence-electron chi connectivity index (χ2n) is 6.72. The van der Waals surface area contributed by atoms with Gasteiger partial charge in [-0.05, 0) is 42.5 Å². The molecule has 0 radical (unpaired) electrons. The maximum Gasteiger partial charge on any atom is 0.354 e. The van der Waals surface area contributed by atoms with Crippen LogP contribution in [-0.2, 0) is 22.6 Å². The van der Waals surface area contributed by atoms with E-state index < -0.39 is 11.9 Å². The fourth-order valence-corrected chi connectivity index (χ4v) is 2.90. The van der Waals surface area contributed by atoms with Crippen LogP contribution in [0.25, 0.3) is 0 Å². The third-order valence-electron chi connectivity index (χ3n) is 4.57. The summed E-state index contributed by atoms with van der Waals surface area (Å²) in [6, 6.07) is 12.7. The minimum atomic E-state index is -0.498. The molecule has 2 aromatic heterocycles. The van der Waals surface area contributed by atoms with Gasteiger partial charge in [0.2, 0.25) is 0 Å². The number of amides is 2. The molecule has 166 valence electrons. The van der Waals surface area contributed by atoms with Crippen molar-refractivity contribution >= 4 is 23.8 Å². The molecular weight excluding hydrogens is 416 g/mol. The van der Waals surface area contributed by atoms with Gasteiger partial charge in [0.25, 0.3) is 11.8 Å². The molecule has 0 saturated heterocycles. The summed E-state index contributed by atoms with van der Waals surface area (Å²) in [5, 5.41) is 5.45. The van der Waals surface area contributed by atoms with Crippen molar-refractivity contribution in [1.29, 1.82) is 0 Å². The first-order valence-electron chi connectivity index (χ1n) is 9.60. The second-order valence-corrected chi connectivity index (χ2v) is 6.72. The van der Waals surface area contributed by atoms with E-state index in [4.69, 9.17) is 0 Å². The van der Waals surface area contributed by atoms with E-state index in [2.05, 4.69) is 30.1 Å². The first-order valence-corrected chi connectivity index (χ1v) is 9.60. The number of ether oxygens (including phenoxy) is 2. The van der Waals surface area contributed by atoms with Crippen LogP contribution in [0.2, 0.25) is 0 Å². The van der Waals surface area contributed by atoms with Gasteiger partial charge >= 0.3 is 11.9 Å². The molecule has 32 heavy (non-hydrogen) atoms. The predicted octanol–water partition coefficient (Wildman–Crippen LogP) is 1.78. The highest BCUT2D eigenvalue weighted by Crippen LogP contribution is 2.08. The number of hydrogen-bond acceptors (Lipinski definition) is 6. The van der Waals surface area contributed by atoms with E-state index in [0.29, 0.717) is 22.5 Å². The standard InChI is InChI=1S/C22H22N4O6/c1-31-21(29)17-8-6-15(25-17)11-23-19(27)13-4-3-5-14(10-13)20(28)24-12-16-7-9-18(26-16)22(30)32-2/h3-10,25-26H,11-12H2,1-2H3,(H,23,27)(H,24,28). The lowest BCUT2D eigenvalue weighted by molar-refractivity contribution is 0.0586. The highest BCUT2D eigenvalue weighted by atomic mass is 16.5. The van der Waals surface area contributed by atoms with Crippen LogP contribution in [0.5, 0.6) is 0 Å². The number of carbonyl (C=O) groups is 4. The van der Waals surface area contributed by atoms with Crippen LogP contribution in [0.4, 0.5) is 0 Å². The average molecular weight is 438 g/mol. The lowest BCUT2D eigenvalue weighted by atomic mass is 10.1. The quantitative estimate of drug-likeness (QED) is 0.395. The maximum absolute atomic E-state index is 12.5. The van der Waals surface area contributed by atoms with Crippen molar-refractivity contribution in [2.45, 2.75) is 13.1 Å². The molecule has 2 heterocycles. The number of esters is 2. The van der Waals surface area contributed by atoms with Crippen molar-refractivity contribution in [2.75, 3.05) is 14.2 Å². The number of aromatic amines is 2. The minimum Gasteiger partial charge on any atom is -0.464 e. The van der Waals surface area contributed by atoms with Crippen LogP contribution >= 0.6 is 0 Å². The first kappa shape index (κ1) is 22.3. The van der Waals surface area contributed by atoms with Gasteiger partial charge < -0.3 is 30.1 Å². The summed E-state index contributed by atoms with van der Waals surface area (Å²) in [5.41, 5.74) is 2.46. The summed E-state index contributed by atoms with van der Waals surface area (Å²) in [6.45, 7) is 0.337. The Kier molecular flexibility index (Phi) is 7.06. The fraction of sp³-hybridized carbons (Fsp3) is 0.182. The molecule has 0 aliphatic rings. The summed E-state index contributed by atoms with van der Waals surface area (Å²) >= 11 is 0. The van der Waals surface area contributed by atoms with E-state index in [1.165, 1.54) is 20.3 Å². The predicted molar refractivity (Wildman–Crippen MR) is 113 cm³/mol. The molecule has 0 bridgehead atoms. The van der Waals surface area contributed by atoms with Gasteiger partial charge in [-0.3, -0.25) is 9.59 Å². The Labute approximate surface area is 183 Å². The Bertz CT molecular complexity index is 1060. The summed E-state index contributed by atoms with van der Waals surface area (Å²) in [4.78, 5) is 53.6. The van der Waals surface area contributed by atoms with E-state index >= 15 is 0 Å². The lowest BCUT2D eigenvalue weighted by Gasteiger charge is -2.07. The van der Waals surface area contributed by atoms with E-state index in [0.717, 1.165) is 0 Å². The lowest BCUT2D eigenvalue weighted by Crippen LogP contribution is -2.25. The fourth-order valence-electron chi connectivity index (χ4n) is 2.90. The van der Waals surface area contributed by atoms with Crippen molar-refractivity contribution in [2.24, 2.45) is 0 Å². The third kappa shape index (κ3) is 5.42. The number of nitrogens with one attached hydrogen (secondary N) is 4. The van der Waals surface area contributed by atoms with Gasteiger partial charge in [0.05, 0.1) is 27.3 Å². The van der Waals surface area contributed by atoms with Crippen molar-refractivity contribution in [3.05, 3.63) is 82.4 Å². The molecular formula is C22H22N4O6. The van der Waals surface area contributed by atoms with Crippen molar-refractivity contribution < 1.29 is 28.7 Å². The molecule has 10 heteroatoms. The smallest absolute Gasteiger partial charge is 0.354 e. The normalized spacial score (nSPS) is 10.3. The van der Waals surface area contributed by atoms with E-state index in [1.54, 1.807) is 42.5 Å².